The van der Waals surface area contributed by atoms with Crippen LogP contribution in [0.25, 0.3) is 280 Å². The van der Waals surface area contributed by atoms with E-state index in [4.69, 9.17) is 18.9 Å². The fraction of sp³-hybridized carbons (Fsp3) is 0.162. The highest BCUT2D eigenvalue weighted by Gasteiger charge is 2.77. The van der Waals surface area contributed by atoms with E-state index in [0.717, 1.165) is 109 Å². The van der Waals surface area contributed by atoms with Gasteiger partial charge in [-0.25, -0.2) is 19.2 Å². The van der Waals surface area contributed by atoms with Gasteiger partial charge < -0.3 is 18.9 Å². The Bertz CT molecular complexity index is 7420. The van der Waals surface area contributed by atoms with Gasteiger partial charge in [-0.05, 0) is 342 Å². The highest BCUT2D eigenvalue weighted by atomic mass is 79.9. The molecule has 0 N–H and O–H groups in total. The number of rotatable bonds is 10. The largest absolute Gasteiger partial charge is 0.464 e. The van der Waals surface area contributed by atoms with Crippen molar-refractivity contribution in [2.24, 2.45) is 0 Å². The summed E-state index contributed by atoms with van der Waals surface area (Å²) in [6, 6.07) is 0. The van der Waals surface area contributed by atoms with Crippen LogP contribution in [0.2, 0.25) is 0 Å². The fourth-order valence-electron chi connectivity index (χ4n) is 26.0. The fourth-order valence-corrected chi connectivity index (χ4v) is 27.6. The Hall–Kier alpha value is -8.70. The smallest absolute Gasteiger partial charge is 0.336 e. The third kappa shape index (κ3) is 2.20. The number of esters is 4. The summed E-state index contributed by atoms with van der Waals surface area (Å²) in [5.41, 5.74) is 4.79. The summed E-state index contributed by atoms with van der Waals surface area (Å²) in [5, 5.41) is 63.7. The summed E-state index contributed by atoms with van der Waals surface area (Å²) in [6.45, 7) is 7.52. The molecular formula is C74H20Br2O8. The van der Waals surface area contributed by atoms with E-state index in [-0.39, 0.29) is 26.4 Å². The van der Waals surface area contributed by atoms with Crippen LogP contribution < -0.4 is 0 Å². The van der Waals surface area contributed by atoms with Crippen molar-refractivity contribution in [3.05, 3.63) is 33.4 Å². The normalized spacial score (nSPS) is 20.3. The van der Waals surface area contributed by atoms with Crippen LogP contribution in [-0.4, -0.2) is 59.0 Å². The third-order valence-electron chi connectivity index (χ3n) is 26.5. The lowest BCUT2D eigenvalue weighted by molar-refractivity contribution is -0.162. The van der Waals surface area contributed by atoms with Gasteiger partial charge in [-0.2, -0.15) is 0 Å². The second-order valence-electron chi connectivity index (χ2n) is 27.4. The van der Waals surface area contributed by atoms with Crippen LogP contribution >= 0.6 is 31.9 Å². The monoisotopic (exact) mass is 1190 g/mol. The summed E-state index contributed by atoms with van der Waals surface area (Å²) in [7, 11) is 0. The quantitative estimate of drug-likeness (QED) is 0.0438. The molecule has 0 heterocycles. The Morgan fingerprint density at radius 2 is 0.369 bits per heavy atom. The minimum Gasteiger partial charge on any atom is -0.464 e. The summed E-state index contributed by atoms with van der Waals surface area (Å²) >= 11 is 8.78. The van der Waals surface area contributed by atoms with Crippen molar-refractivity contribution in [3.63, 3.8) is 0 Å². The number of ether oxygens (including phenoxy) is 4. The Balaban J connectivity index is 1.11. The molecule has 26 aromatic carbocycles. The first-order valence-electron chi connectivity index (χ1n) is 30.0. The highest BCUT2D eigenvalue weighted by Crippen LogP contribution is 2.87. The first kappa shape index (κ1) is 37.5. The SMILES string of the molecule is CCOC(=O)C(Br)(C(=O)OCC)C12c3c4c5c6c7c8c9c%10c%11c%12c(c-4c4c1c1c%13c2c2c%14c3c5c3c7c5c7c8c8c%10c%10c%11c%11c(c4%12)c1c1c4c%13c%12c2c2c%14c3c5c3c2c2c%12c4c4c(c1%11)c%10c1c8c7c3c2c14)C69C(Br)(C(=O)OCC)C(=O)OCC. The predicted molar refractivity (Wildman–Crippen MR) is 341 cm³/mol. The Morgan fingerprint density at radius 3 is 0.560 bits per heavy atom. The lowest BCUT2D eigenvalue weighted by Gasteiger charge is -2.50. The van der Waals surface area contributed by atoms with Crippen molar-refractivity contribution >= 4 is 325 Å². The van der Waals surface area contributed by atoms with Crippen molar-refractivity contribution in [2.75, 3.05) is 26.4 Å². The molecule has 0 radical (unpaired) electrons. The second-order valence-corrected chi connectivity index (χ2v) is 29.8. The molecule has 0 fully saturated rings. The van der Waals surface area contributed by atoms with Crippen LogP contribution in [0.15, 0.2) is 0 Å². The van der Waals surface area contributed by atoms with Gasteiger partial charge in [0.05, 0.1) is 37.3 Å². The van der Waals surface area contributed by atoms with Crippen LogP contribution in [-0.2, 0) is 49.0 Å². The van der Waals surface area contributed by atoms with Crippen molar-refractivity contribution in [1.29, 1.82) is 0 Å². The molecule has 0 aromatic heterocycles. The van der Waals surface area contributed by atoms with Gasteiger partial charge in [0.15, 0.2) is 0 Å². The molecule has 0 bridgehead atoms. The van der Waals surface area contributed by atoms with Crippen LogP contribution in [0.3, 0.4) is 0 Å². The van der Waals surface area contributed by atoms with Crippen molar-refractivity contribution in [1.82, 2.24) is 0 Å². The van der Waals surface area contributed by atoms with E-state index in [2.05, 4.69) is 31.9 Å². The van der Waals surface area contributed by atoms with E-state index in [0.29, 0.717) is 0 Å². The second kappa shape index (κ2) is 9.11. The average Bonchev–Trinajstić information content (AvgIpc) is 1.38. The third-order valence-corrected chi connectivity index (χ3v) is 29.0. The Labute approximate surface area is 478 Å². The predicted octanol–water partition coefficient (Wildman–Crippen LogP) is 17.4. The maximum absolute atomic E-state index is 16.5. The molecule has 0 saturated carbocycles. The van der Waals surface area contributed by atoms with Crippen LogP contribution in [0.1, 0.15) is 61.1 Å². The molecule has 0 aliphatic heterocycles. The molecule has 10 heteroatoms. The van der Waals surface area contributed by atoms with Gasteiger partial charge in [0.1, 0.15) is 0 Å². The lowest BCUT2D eigenvalue weighted by Crippen LogP contribution is -2.61. The molecule has 0 saturated heterocycles. The first-order valence-corrected chi connectivity index (χ1v) is 31.6. The lowest BCUT2D eigenvalue weighted by atomic mass is 9.53. The van der Waals surface area contributed by atoms with Crippen LogP contribution in [0.5, 0.6) is 0 Å². The molecule has 0 amide bonds. The van der Waals surface area contributed by atoms with Gasteiger partial charge in [0.2, 0.25) is 8.65 Å². The van der Waals surface area contributed by atoms with Crippen molar-refractivity contribution in [3.8, 4) is 11.1 Å². The number of hydrogen-bond donors (Lipinski definition) is 0. The van der Waals surface area contributed by atoms with E-state index >= 15 is 19.2 Å². The Kier molecular flexibility index (Phi) is 4.07. The topological polar surface area (TPSA) is 105 Å². The molecule has 32 rings (SSSR count). The highest BCUT2D eigenvalue weighted by molar-refractivity contribution is 9.10. The number of carbonyl (C=O) groups is 4. The number of hydrogen-bond acceptors (Lipinski definition) is 8. The number of carbonyl (C=O) groups excluding carboxylic acids is 4. The summed E-state index contributed by atoms with van der Waals surface area (Å²) < 4.78 is 21.6. The van der Waals surface area contributed by atoms with Gasteiger partial charge in [0, 0.05) is 0 Å². The summed E-state index contributed by atoms with van der Waals surface area (Å²) in [6.07, 6.45) is 0. The zero-order valence-corrected chi connectivity index (χ0v) is 47.0. The van der Waals surface area contributed by atoms with Gasteiger partial charge in [0.25, 0.3) is 0 Å². The number of halogens is 2. The molecule has 2 unspecified atom stereocenters. The zero-order valence-electron chi connectivity index (χ0n) is 43.9. The van der Waals surface area contributed by atoms with E-state index in [1.807, 2.05) is 27.7 Å². The van der Waals surface area contributed by atoms with Gasteiger partial charge >= 0.3 is 23.9 Å². The minimum absolute atomic E-state index is 0.0484. The standard InChI is InChI=1S/C74H20Br2O8/c1-5-81-67(77)73(75,68(78)82-6-2)71-61-49-39-31-17-13-12-10-9-11-14-18-16(9)24-20(12)28-30-22(13)25-33(31)45(49)51-47-38(25)44(30)56-54-42(28)36(24)40-32(18)34-26-21(14)29-27-19(11)23(15(10)17)35(39)41(27)53(61)55-43(29)37(26)48-52-46(34)50(40)62(54)72(74(76,69(79)83-7-3)70(80)84-8-4)64(52)60(57(48)65(55)71)59(63(51)71)58(47)66(56)72/h5-8H2,1-4H3. The molecule has 26 aromatic rings. The van der Waals surface area contributed by atoms with Gasteiger partial charge in [-0.3, -0.25) is 0 Å². The maximum Gasteiger partial charge on any atom is 0.336 e. The first-order chi connectivity index (χ1) is 41.2. The molecule has 378 valence electrons. The van der Waals surface area contributed by atoms with E-state index in [9.17, 15) is 0 Å². The summed E-state index contributed by atoms with van der Waals surface area (Å²) in [5.74, 6) is -2.67. The Morgan fingerprint density at radius 1 is 0.238 bits per heavy atom. The molecule has 84 heavy (non-hydrogen) atoms. The summed E-state index contributed by atoms with van der Waals surface area (Å²) in [4.78, 5) is 66.1. The number of alkyl halides is 2. The van der Waals surface area contributed by atoms with Crippen LogP contribution in [0.4, 0.5) is 0 Å². The maximum atomic E-state index is 16.5. The minimum atomic E-state index is -2.15. The zero-order chi connectivity index (χ0) is 53.5. The molecule has 2 atom stereocenters. The van der Waals surface area contributed by atoms with Gasteiger partial charge in [-0.1, -0.05) is 31.9 Å². The molecule has 6 aliphatic rings. The molecule has 8 nitrogen and oxygen atoms in total. The molecule has 6 aliphatic carbocycles. The van der Waals surface area contributed by atoms with Gasteiger partial charge in [-0.15, -0.1) is 0 Å². The van der Waals surface area contributed by atoms with Crippen molar-refractivity contribution < 1.29 is 38.1 Å². The molecular weight excluding hydrogens is 1180 g/mol. The average molecular weight is 1200 g/mol. The number of benzene rings is 16. The van der Waals surface area contributed by atoms with E-state index < -0.39 is 43.4 Å². The van der Waals surface area contributed by atoms with E-state index in [1.165, 1.54) is 205 Å². The van der Waals surface area contributed by atoms with E-state index in [1.54, 1.807) is 0 Å². The van der Waals surface area contributed by atoms with Crippen molar-refractivity contribution in [2.45, 2.75) is 47.2 Å². The molecule has 0 spiro atoms. The van der Waals surface area contributed by atoms with Crippen LogP contribution in [0, 0.1) is 0 Å².